The van der Waals surface area contributed by atoms with Gasteiger partial charge in [0.05, 0.1) is 0 Å². The zero-order valence-electron chi connectivity index (χ0n) is 10.7. The summed E-state index contributed by atoms with van der Waals surface area (Å²) in [6.07, 6.45) is -3.63. The summed E-state index contributed by atoms with van der Waals surface area (Å²) >= 11 is 5.72. The zero-order valence-corrected chi connectivity index (χ0v) is 11.4. The van der Waals surface area contributed by atoms with Gasteiger partial charge in [0.2, 0.25) is 5.88 Å². The molecule has 21 heavy (non-hydrogen) atoms. The Labute approximate surface area is 123 Å². The molecule has 0 atom stereocenters. The van der Waals surface area contributed by atoms with Gasteiger partial charge in [-0.05, 0) is 30.7 Å². The van der Waals surface area contributed by atoms with Crippen molar-refractivity contribution in [2.75, 3.05) is 0 Å². The molecule has 0 aliphatic rings. The third-order valence-corrected chi connectivity index (χ3v) is 2.96. The van der Waals surface area contributed by atoms with E-state index in [2.05, 4.69) is 16.5 Å². The lowest BCUT2D eigenvalue weighted by atomic mass is 10.1. The number of aromatic nitrogens is 2. The molecule has 1 N–H and O–H groups in total. The van der Waals surface area contributed by atoms with Crippen LogP contribution in [-0.4, -0.2) is 15.1 Å². The van der Waals surface area contributed by atoms with E-state index < -0.39 is 23.3 Å². The molecule has 1 aromatic heterocycles. The van der Waals surface area contributed by atoms with E-state index in [9.17, 15) is 18.3 Å². The van der Waals surface area contributed by atoms with Gasteiger partial charge in [-0.1, -0.05) is 17.7 Å². The normalized spacial score (nSPS) is 11.4. The Morgan fingerprint density at radius 3 is 2.33 bits per heavy atom. The second kappa shape index (κ2) is 5.73. The minimum Gasteiger partial charge on any atom is -0.493 e. The van der Waals surface area contributed by atoms with Crippen molar-refractivity contribution in [1.29, 1.82) is 0 Å². The Bertz CT molecular complexity index is 669. The molecule has 0 bridgehead atoms. The van der Waals surface area contributed by atoms with Crippen LogP contribution >= 0.6 is 11.6 Å². The van der Waals surface area contributed by atoms with Crippen LogP contribution in [0.4, 0.5) is 13.2 Å². The molecule has 0 aliphatic carbocycles. The summed E-state index contributed by atoms with van der Waals surface area (Å²) in [4.78, 5) is 7.26. The van der Waals surface area contributed by atoms with Crippen molar-refractivity contribution < 1.29 is 18.3 Å². The lowest BCUT2D eigenvalue weighted by molar-refractivity contribution is -0.141. The largest absolute Gasteiger partial charge is 0.493 e. The van der Waals surface area contributed by atoms with Crippen molar-refractivity contribution >= 4 is 11.6 Å². The highest BCUT2D eigenvalue weighted by Crippen LogP contribution is 2.35. The van der Waals surface area contributed by atoms with Gasteiger partial charge in [-0.2, -0.15) is 18.2 Å². The third-order valence-electron chi connectivity index (χ3n) is 2.70. The molecule has 2 rings (SSSR count). The first kappa shape index (κ1) is 15.3. The predicted molar refractivity (Wildman–Crippen MR) is 73.0 cm³/mol. The first-order chi connectivity index (χ1) is 9.82. The Balaban J connectivity index is 2.62. The summed E-state index contributed by atoms with van der Waals surface area (Å²) < 4.78 is 39.2. The Hall–Kier alpha value is -2.08. The van der Waals surface area contributed by atoms with E-state index in [0.717, 1.165) is 0 Å². The molecule has 110 valence electrons. The van der Waals surface area contributed by atoms with Crippen molar-refractivity contribution in [3.63, 3.8) is 0 Å². The van der Waals surface area contributed by atoms with Gasteiger partial charge in [0.1, 0.15) is 0 Å². The van der Waals surface area contributed by atoms with Crippen molar-refractivity contribution in [3.05, 3.63) is 53.2 Å². The van der Waals surface area contributed by atoms with Crippen LogP contribution in [-0.2, 0) is 12.6 Å². The van der Waals surface area contributed by atoms with E-state index in [4.69, 9.17) is 11.6 Å². The fourth-order valence-electron chi connectivity index (χ4n) is 1.77. The highest BCUT2D eigenvalue weighted by molar-refractivity contribution is 6.30. The summed E-state index contributed by atoms with van der Waals surface area (Å²) in [6.45, 7) is 3.36. The van der Waals surface area contributed by atoms with Crippen LogP contribution in [0.25, 0.3) is 11.4 Å². The van der Waals surface area contributed by atoms with Crippen LogP contribution in [0.1, 0.15) is 11.3 Å². The topological polar surface area (TPSA) is 46.0 Å². The molecule has 2 aromatic rings. The summed E-state index contributed by atoms with van der Waals surface area (Å²) in [5, 5.41) is 10.2. The highest BCUT2D eigenvalue weighted by atomic mass is 35.5. The second-order valence-electron chi connectivity index (χ2n) is 4.20. The number of benzene rings is 1. The number of halogens is 4. The number of alkyl halides is 3. The van der Waals surface area contributed by atoms with Gasteiger partial charge in [0.15, 0.2) is 11.5 Å². The highest BCUT2D eigenvalue weighted by Gasteiger charge is 2.37. The monoisotopic (exact) mass is 314 g/mol. The lowest BCUT2D eigenvalue weighted by Gasteiger charge is -2.13. The number of nitrogens with zero attached hydrogens (tertiary/aromatic N) is 2. The first-order valence-electron chi connectivity index (χ1n) is 5.87. The Morgan fingerprint density at radius 2 is 1.81 bits per heavy atom. The maximum atomic E-state index is 13.1. The smallest absolute Gasteiger partial charge is 0.433 e. The first-order valence-corrected chi connectivity index (χ1v) is 6.24. The van der Waals surface area contributed by atoms with Gasteiger partial charge >= 0.3 is 6.18 Å². The van der Waals surface area contributed by atoms with E-state index >= 15 is 0 Å². The van der Waals surface area contributed by atoms with Gasteiger partial charge in [-0.3, -0.25) is 0 Å². The molecule has 0 aliphatic heterocycles. The van der Waals surface area contributed by atoms with E-state index in [0.29, 0.717) is 10.6 Å². The number of hydrogen-bond acceptors (Lipinski definition) is 3. The average Bonchev–Trinajstić information content (AvgIpc) is 2.40. The SMILES string of the molecule is C=CCc1c(O)nc(-c2ccc(Cl)cc2)nc1C(F)(F)F. The van der Waals surface area contributed by atoms with Gasteiger partial charge in [0.25, 0.3) is 0 Å². The molecule has 0 saturated heterocycles. The zero-order chi connectivity index (χ0) is 15.6. The summed E-state index contributed by atoms with van der Waals surface area (Å²) in [7, 11) is 0. The molecule has 0 saturated carbocycles. The molecule has 1 heterocycles. The van der Waals surface area contributed by atoms with Gasteiger partial charge in [0, 0.05) is 16.1 Å². The molecule has 0 amide bonds. The number of hydrogen-bond donors (Lipinski definition) is 1. The molecule has 7 heteroatoms. The fourth-order valence-corrected chi connectivity index (χ4v) is 1.89. The van der Waals surface area contributed by atoms with E-state index in [-0.39, 0.29) is 12.2 Å². The minimum atomic E-state index is -4.69. The van der Waals surface area contributed by atoms with Crippen LogP contribution in [0.3, 0.4) is 0 Å². The molecule has 3 nitrogen and oxygen atoms in total. The van der Waals surface area contributed by atoms with Crippen molar-refractivity contribution in [3.8, 4) is 17.3 Å². The van der Waals surface area contributed by atoms with Crippen LogP contribution in [0.5, 0.6) is 5.88 Å². The fraction of sp³-hybridized carbons (Fsp3) is 0.143. The molecule has 0 fully saturated rings. The Kier molecular flexibility index (Phi) is 4.18. The van der Waals surface area contributed by atoms with Crippen LogP contribution in [0, 0.1) is 0 Å². The quantitative estimate of drug-likeness (QED) is 0.861. The summed E-state index contributed by atoms with van der Waals surface area (Å²) in [5.41, 5.74) is -1.24. The average molecular weight is 315 g/mol. The number of aromatic hydroxyl groups is 1. The van der Waals surface area contributed by atoms with Crippen molar-refractivity contribution in [2.24, 2.45) is 0 Å². The van der Waals surface area contributed by atoms with Gasteiger partial charge < -0.3 is 5.11 Å². The third kappa shape index (κ3) is 3.33. The molecule has 0 spiro atoms. The molecular weight excluding hydrogens is 305 g/mol. The standard InChI is InChI=1S/C14H10ClF3N2O/c1-2-3-10-11(14(16,17)18)19-12(20-13(10)21)8-4-6-9(15)7-5-8/h2,4-7H,1,3H2,(H,19,20,21). The number of rotatable bonds is 3. The summed E-state index contributed by atoms with van der Waals surface area (Å²) in [6, 6.07) is 5.96. The lowest BCUT2D eigenvalue weighted by Crippen LogP contribution is -2.14. The van der Waals surface area contributed by atoms with Gasteiger partial charge in [-0.15, -0.1) is 6.58 Å². The van der Waals surface area contributed by atoms with Crippen LogP contribution in [0.15, 0.2) is 36.9 Å². The second-order valence-corrected chi connectivity index (χ2v) is 4.63. The number of allylic oxidation sites excluding steroid dienone is 1. The van der Waals surface area contributed by atoms with Crippen molar-refractivity contribution in [1.82, 2.24) is 9.97 Å². The van der Waals surface area contributed by atoms with Gasteiger partial charge in [-0.25, -0.2) is 4.98 Å². The van der Waals surface area contributed by atoms with E-state index in [1.165, 1.54) is 30.3 Å². The molecule has 1 aromatic carbocycles. The minimum absolute atomic E-state index is 0.179. The Morgan fingerprint density at radius 1 is 1.19 bits per heavy atom. The van der Waals surface area contributed by atoms with Crippen molar-refractivity contribution in [2.45, 2.75) is 12.6 Å². The molecule has 0 radical (unpaired) electrons. The van der Waals surface area contributed by atoms with Crippen LogP contribution < -0.4 is 0 Å². The predicted octanol–water partition coefficient (Wildman–Crippen LogP) is 4.25. The maximum Gasteiger partial charge on any atom is 0.433 e. The van der Waals surface area contributed by atoms with E-state index in [1.807, 2.05) is 0 Å². The van der Waals surface area contributed by atoms with Crippen LogP contribution in [0.2, 0.25) is 5.02 Å². The maximum absolute atomic E-state index is 13.1. The summed E-state index contributed by atoms with van der Waals surface area (Å²) in [5.74, 6) is -0.925. The van der Waals surface area contributed by atoms with E-state index in [1.54, 1.807) is 0 Å². The molecular formula is C14H10ClF3N2O. The molecule has 0 unspecified atom stereocenters.